The van der Waals surface area contributed by atoms with Crippen molar-refractivity contribution in [2.24, 2.45) is 5.73 Å². The van der Waals surface area contributed by atoms with E-state index < -0.39 is 18.4 Å². The van der Waals surface area contributed by atoms with Crippen LogP contribution in [0.1, 0.15) is 69.0 Å². The first-order valence-electron chi connectivity index (χ1n) is 10.6. The number of unbranched alkanes of at least 4 members (excludes halogenated alkanes) is 2. The van der Waals surface area contributed by atoms with Gasteiger partial charge in [0.1, 0.15) is 11.9 Å². The molecule has 0 radical (unpaired) electrons. The molecule has 7 heteroatoms. The number of aryl methyl sites for hydroxylation is 2. The molecule has 162 valence electrons. The molecule has 29 heavy (non-hydrogen) atoms. The highest BCUT2D eigenvalue weighted by molar-refractivity contribution is 5.72. The zero-order valence-corrected chi connectivity index (χ0v) is 17.0. The van der Waals surface area contributed by atoms with Gasteiger partial charge >= 0.3 is 5.97 Å². The van der Waals surface area contributed by atoms with Gasteiger partial charge in [0.05, 0.1) is 0 Å². The number of fused-ring (bicyclic) bond motifs is 1. The van der Waals surface area contributed by atoms with Gasteiger partial charge in [-0.15, -0.1) is 0 Å². The maximum atomic E-state index is 12.6. The number of anilines is 1. The third kappa shape index (κ3) is 8.90. The quantitative estimate of drug-likeness (QED) is 0.324. The highest BCUT2D eigenvalue weighted by atomic mass is 19.3. The second-order valence-electron chi connectivity index (χ2n) is 7.72. The highest BCUT2D eigenvalue weighted by Gasteiger charge is 2.12. The van der Waals surface area contributed by atoms with E-state index in [0.717, 1.165) is 68.6 Å². The Morgan fingerprint density at radius 3 is 2.83 bits per heavy atom. The van der Waals surface area contributed by atoms with E-state index in [1.807, 2.05) is 6.08 Å². The average molecular weight is 410 g/mol. The lowest BCUT2D eigenvalue weighted by atomic mass is 9.99. The summed E-state index contributed by atoms with van der Waals surface area (Å²) in [5.41, 5.74) is 8.87. The lowest BCUT2D eigenvalue weighted by Crippen LogP contribution is -2.29. The number of aliphatic carboxylic acids is 1. The summed E-state index contributed by atoms with van der Waals surface area (Å²) in [6, 6.07) is 3.36. The minimum Gasteiger partial charge on any atom is -0.480 e. The summed E-state index contributed by atoms with van der Waals surface area (Å²) in [6.45, 7) is 0.981. The fourth-order valence-electron chi connectivity index (χ4n) is 3.56. The zero-order chi connectivity index (χ0) is 21.1. The summed E-state index contributed by atoms with van der Waals surface area (Å²) in [7, 11) is 0. The molecule has 1 aliphatic heterocycles. The lowest BCUT2D eigenvalue weighted by Gasteiger charge is -2.17. The Balaban J connectivity index is 1.72. The summed E-state index contributed by atoms with van der Waals surface area (Å²) < 4.78 is 25.1. The predicted octanol–water partition coefficient (Wildman–Crippen LogP) is 4.71. The molecule has 4 N–H and O–H groups in total. The van der Waals surface area contributed by atoms with Gasteiger partial charge in [-0.2, -0.15) is 0 Å². The van der Waals surface area contributed by atoms with Gasteiger partial charge in [-0.05, 0) is 69.4 Å². The maximum Gasteiger partial charge on any atom is 0.320 e. The third-order valence-electron chi connectivity index (χ3n) is 5.29. The summed E-state index contributed by atoms with van der Waals surface area (Å²) >= 11 is 0. The van der Waals surface area contributed by atoms with Gasteiger partial charge in [-0.1, -0.05) is 24.1 Å². The maximum absolute atomic E-state index is 12.6. The molecule has 5 nitrogen and oxygen atoms in total. The Kier molecular flexibility index (Phi) is 10.0. The van der Waals surface area contributed by atoms with Crippen LogP contribution in [0.3, 0.4) is 0 Å². The van der Waals surface area contributed by atoms with E-state index in [1.165, 1.54) is 5.56 Å². The van der Waals surface area contributed by atoms with Crippen molar-refractivity contribution in [1.82, 2.24) is 4.98 Å². The Bertz CT molecular complexity index is 680. The third-order valence-corrected chi connectivity index (χ3v) is 5.29. The van der Waals surface area contributed by atoms with E-state index in [-0.39, 0.29) is 6.42 Å². The summed E-state index contributed by atoms with van der Waals surface area (Å²) in [5, 5.41) is 12.2. The van der Waals surface area contributed by atoms with Crippen LogP contribution in [0.4, 0.5) is 14.6 Å². The number of nitrogens with one attached hydrogen (secondary N) is 1. The van der Waals surface area contributed by atoms with E-state index in [9.17, 15) is 13.6 Å². The van der Waals surface area contributed by atoms with Crippen LogP contribution in [0.25, 0.3) is 0 Å². The topological polar surface area (TPSA) is 88.2 Å². The first kappa shape index (κ1) is 23.3. The van der Waals surface area contributed by atoms with Crippen LogP contribution < -0.4 is 11.1 Å². The highest BCUT2D eigenvalue weighted by Crippen LogP contribution is 2.22. The number of carboxylic acid groups (broad SMARTS) is 1. The number of hydrogen-bond donors (Lipinski definition) is 3. The fraction of sp³-hybridized carbons (Fsp3) is 0.636. The molecule has 0 bridgehead atoms. The number of carbonyl (C=O) groups is 1. The van der Waals surface area contributed by atoms with E-state index >= 15 is 0 Å². The second kappa shape index (κ2) is 12.5. The minimum absolute atomic E-state index is 0.150. The number of nitrogens with zero attached hydrogens (tertiary/aromatic N) is 1. The number of allylic oxidation sites excluding steroid dienone is 2. The summed E-state index contributed by atoms with van der Waals surface area (Å²) in [4.78, 5) is 15.5. The Morgan fingerprint density at radius 1 is 1.24 bits per heavy atom. The van der Waals surface area contributed by atoms with Crippen molar-refractivity contribution >= 4 is 11.8 Å². The SMILES string of the molecule is N[C@@H](CC/C=C(/CCCCCc1ccc2c(n1)NCCC2)CCC(F)F)C(=O)O. The molecule has 0 aromatic carbocycles. The number of halogens is 2. The van der Waals surface area contributed by atoms with Crippen LogP contribution in [0, 0.1) is 0 Å². The number of alkyl halides is 2. The Labute approximate surface area is 171 Å². The monoisotopic (exact) mass is 409 g/mol. The zero-order valence-electron chi connectivity index (χ0n) is 17.0. The van der Waals surface area contributed by atoms with E-state index in [1.54, 1.807) is 0 Å². The molecule has 1 aliphatic rings. The molecular formula is C22H33F2N3O2. The van der Waals surface area contributed by atoms with Crippen molar-refractivity contribution in [2.75, 3.05) is 11.9 Å². The van der Waals surface area contributed by atoms with Crippen molar-refractivity contribution in [3.05, 3.63) is 35.0 Å². The molecular weight excluding hydrogens is 376 g/mol. The van der Waals surface area contributed by atoms with Crippen molar-refractivity contribution in [3.8, 4) is 0 Å². The van der Waals surface area contributed by atoms with Crippen molar-refractivity contribution in [1.29, 1.82) is 0 Å². The number of pyridine rings is 1. The molecule has 2 rings (SSSR count). The molecule has 1 atom stereocenters. The smallest absolute Gasteiger partial charge is 0.320 e. The molecule has 0 fully saturated rings. The van der Waals surface area contributed by atoms with Gasteiger partial charge < -0.3 is 16.2 Å². The number of rotatable bonds is 13. The average Bonchev–Trinajstić information content (AvgIpc) is 2.70. The largest absolute Gasteiger partial charge is 0.480 e. The van der Waals surface area contributed by atoms with Crippen LogP contribution >= 0.6 is 0 Å². The molecule has 0 unspecified atom stereocenters. The van der Waals surface area contributed by atoms with Gasteiger partial charge in [0, 0.05) is 18.7 Å². The second-order valence-corrected chi connectivity index (χ2v) is 7.72. The molecule has 0 aliphatic carbocycles. The van der Waals surface area contributed by atoms with Crippen LogP contribution in [0.2, 0.25) is 0 Å². The molecule has 0 saturated heterocycles. The van der Waals surface area contributed by atoms with Gasteiger partial charge in [0.25, 0.3) is 0 Å². The first-order valence-corrected chi connectivity index (χ1v) is 10.6. The van der Waals surface area contributed by atoms with Gasteiger partial charge in [-0.3, -0.25) is 4.79 Å². The van der Waals surface area contributed by atoms with Crippen LogP contribution in [-0.2, 0) is 17.6 Å². The fourth-order valence-corrected chi connectivity index (χ4v) is 3.56. The molecule has 0 spiro atoms. The predicted molar refractivity (Wildman–Crippen MR) is 111 cm³/mol. The number of carboxylic acids is 1. The van der Waals surface area contributed by atoms with Gasteiger partial charge in [0.2, 0.25) is 6.43 Å². The van der Waals surface area contributed by atoms with E-state index in [4.69, 9.17) is 15.8 Å². The summed E-state index contributed by atoms with van der Waals surface area (Å²) in [6.07, 6.45) is 7.51. The molecule has 0 saturated carbocycles. The van der Waals surface area contributed by atoms with Crippen molar-refractivity contribution in [3.63, 3.8) is 0 Å². The van der Waals surface area contributed by atoms with Crippen LogP contribution in [0.15, 0.2) is 23.8 Å². The first-order chi connectivity index (χ1) is 14.0. The number of hydrogen-bond acceptors (Lipinski definition) is 4. The molecule has 1 aromatic rings. The number of nitrogens with two attached hydrogens (primary N) is 1. The standard InChI is InChI=1S/C22H33F2N3O2/c23-20(24)14-11-16(7-4-10-19(25)22(28)29)6-2-1-3-9-18-13-12-17-8-5-15-26-21(17)27-18/h7,12-13,19-20H,1-6,8-11,14-15,25H2,(H,26,27)(H,28,29)/b16-7-/t19-/m0/s1. The summed E-state index contributed by atoms with van der Waals surface area (Å²) in [5.74, 6) is -0.0101. The van der Waals surface area contributed by atoms with E-state index in [0.29, 0.717) is 19.3 Å². The Morgan fingerprint density at radius 2 is 2.07 bits per heavy atom. The van der Waals surface area contributed by atoms with Crippen molar-refractivity contribution < 1.29 is 18.7 Å². The van der Waals surface area contributed by atoms with Crippen LogP contribution in [-0.4, -0.2) is 35.1 Å². The number of aromatic nitrogens is 1. The van der Waals surface area contributed by atoms with Crippen LogP contribution in [0.5, 0.6) is 0 Å². The molecule has 0 amide bonds. The molecule has 1 aromatic heterocycles. The van der Waals surface area contributed by atoms with Gasteiger partial charge in [-0.25, -0.2) is 13.8 Å². The lowest BCUT2D eigenvalue weighted by molar-refractivity contribution is -0.138. The van der Waals surface area contributed by atoms with Gasteiger partial charge in [0.15, 0.2) is 0 Å². The Hall–Kier alpha value is -2.02. The normalized spacial score (nSPS) is 15.1. The van der Waals surface area contributed by atoms with Crippen molar-refractivity contribution in [2.45, 2.75) is 83.1 Å². The minimum atomic E-state index is -2.32. The molecule has 2 heterocycles. The van der Waals surface area contributed by atoms with E-state index in [2.05, 4.69) is 17.4 Å².